The van der Waals surface area contributed by atoms with Crippen LogP contribution in [-0.2, 0) is 34.6 Å². The van der Waals surface area contributed by atoms with Gasteiger partial charge in [0.2, 0.25) is 0 Å². The summed E-state index contributed by atoms with van der Waals surface area (Å²) < 4.78 is 0. The SMILES string of the molecule is Cc1c[c-](C)c2c1CCCC2.[CH3-].[CH3-].[CH3-].[Ti+4]. The van der Waals surface area contributed by atoms with Crippen molar-refractivity contribution in [2.24, 2.45) is 0 Å². The van der Waals surface area contributed by atoms with Gasteiger partial charge >= 0.3 is 21.7 Å². The van der Waals surface area contributed by atoms with Gasteiger partial charge in [0, 0.05) is 0 Å². The van der Waals surface area contributed by atoms with E-state index in [0.717, 1.165) is 0 Å². The molecule has 2 rings (SSSR count). The van der Waals surface area contributed by atoms with E-state index in [2.05, 4.69) is 19.9 Å². The van der Waals surface area contributed by atoms with Crippen LogP contribution < -0.4 is 0 Å². The normalized spacial score (nSPS) is 12.1. The zero-order valence-corrected chi connectivity index (χ0v) is 12.5. The van der Waals surface area contributed by atoms with Crippen LogP contribution in [0.4, 0.5) is 0 Å². The Morgan fingerprint density at radius 3 is 2.13 bits per heavy atom. The standard InChI is InChI=1S/C11H15.3CH3.Ti/c1-8-7-9(2)11-6-4-3-5-10(8)11;;;;/h7H,3-6H2,1-2H3;3*1H3;/q4*-1;+4. The fourth-order valence-corrected chi connectivity index (χ4v) is 2.27. The maximum Gasteiger partial charge on any atom is 4.00 e. The van der Waals surface area contributed by atoms with Gasteiger partial charge < -0.3 is 22.3 Å². The van der Waals surface area contributed by atoms with Crippen molar-refractivity contribution in [3.8, 4) is 0 Å². The summed E-state index contributed by atoms with van der Waals surface area (Å²) in [6, 6.07) is 2.34. The average Bonchev–Trinajstić information content (AvgIpc) is 2.30. The quantitative estimate of drug-likeness (QED) is 0.469. The molecule has 0 aliphatic heterocycles. The third kappa shape index (κ3) is 3.85. The minimum atomic E-state index is 0. The molecule has 0 saturated carbocycles. The molecular weight excluding hydrogens is 216 g/mol. The van der Waals surface area contributed by atoms with Crippen molar-refractivity contribution in [3.63, 3.8) is 0 Å². The molecular formula is C14H24Ti. The van der Waals surface area contributed by atoms with E-state index in [1.807, 2.05) is 0 Å². The summed E-state index contributed by atoms with van der Waals surface area (Å²) >= 11 is 0. The van der Waals surface area contributed by atoms with Gasteiger partial charge in [0.1, 0.15) is 0 Å². The van der Waals surface area contributed by atoms with E-state index in [1.54, 1.807) is 11.1 Å². The Morgan fingerprint density at radius 2 is 1.60 bits per heavy atom. The van der Waals surface area contributed by atoms with E-state index in [1.165, 1.54) is 36.8 Å². The van der Waals surface area contributed by atoms with Crippen molar-refractivity contribution in [2.75, 3.05) is 0 Å². The predicted octanol–water partition coefficient (Wildman–Crippen LogP) is 4.25. The molecule has 1 aliphatic carbocycles. The van der Waals surface area contributed by atoms with Crippen molar-refractivity contribution in [3.05, 3.63) is 50.6 Å². The molecule has 0 amide bonds. The molecule has 0 saturated heterocycles. The minimum Gasteiger partial charge on any atom is -0.358 e. The van der Waals surface area contributed by atoms with Crippen LogP contribution in [0.2, 0.25) is 0 Å². The Labute approximate surface area is 112 Å². The van der Waals surface area contributed by atoms with Gasteiger partial charge in [-0.25, -0.2) is 0 Å². The first-order valence-corrected chi connectivity index (χ1v) is 4.53. The number of aryl methyl sites for hydroxylation is 2. The molecule has 84 valence electrons. The third-order valence-corrected chi connectivity index (χ3v) is 2.85. The van der Waals surface area contributed by atoms with Crippen LogP contribution in [0, 0.1) is 36.1 Å². The van der Waals surface area contributed by atoms with Crippen LogP contribution in [-0.4, -0.2) is 0 Å². The zero-order chi connectivity index (χ0) is 7.84. The van der Waals surface area contributed by atoms with Gasteiger partial charge in [-0.3, -0.25) is 0 Å². The largest absolute Gasteiger partial charge is 4.00 e. The molecule has 0 spiro atoms. The molecule has 0 unspecified atom stereocenters. The van der Waals surface area contributed by atoms with E-state index in [9.17, 15) is 0 Å². The molecule has 1 aromatic rings. The van der Waals surface area contributed by atoms with Gasteiger partial charge in [0.25, 0.3) is 0 Å². The molecule has 0 N–H and O–H groups in total. The maximum absolute atomic E-state index is 2.34. The van der Waals surface area contributed by atoms with Gasteiger partial charge in [-0.05, 0) is 0 Å². The summed E-state index contributed by atoms with van der Waals surface area (Å²) in [5.41, 5.74) is 6.37. The van der Waals surface area contributed by atoms with Crippen LogP contribution in [0.1, 0.15) is 35.1 Å². The fraction of sp³-hybridized carbons (Fsp3) is 0.429. The molecule has 1 heteroatoms. The van der Waals surface area contributed by atoms with Gasteiger partial charge in [-0.2, -0.15) is 28.3 Å². The summed E-state index contributed by atoms with van der Waals surface area (Å²) in [5.74, 6) is 0. The van der Waals surface area contributed by atoms with Crippen LogP contribution in [0.3, 0.4) is 0 Å². The van der Waals surface area contributed by atoms with E-state index >= 15 is 0 Å². The van der Waals surface area contributed by atoms with Crippen LogP contribution >= 0.6 is 0 Å². The number of fused-ring (bicyclic) bond motifs is 1. The molecule has 1 aliphatic rings. The molecule has 0 heterocycles. The summed E-state index contributed by atoms with van der Waals surface area (Å²) in [7, 11) is 0. The van der Waals surface area contributed by atoms with Gasteiger partial charge in [0.05, 0.1) is 0 Å². The second-order valence-electron chi connectivity index (χ2n) is 3.67. The number of hydrogen-bond acceptors (Lipinski definition) is 0. The fourth-order valence-electron chi connectivity index (χ4n) is 2.27. The average molecular weight is 240 g/mol. The number of rotatable bonds is 0. The van der Waals surface area contributed by atoms with E-state index < -0.39 is 0 Å². The summed E-state index contributed by atoms with van der Waals surface area (Å²) in [5, 5.41) is 0. The second-order valence-corrected chi connectivity index (χ2v) is 3.67. The van der Waals surface area contributed by atoms with E-state index in [-0.39, 0.29) is 44.0 Å². The first kappa shape index (κ1) is 20.5. The van der Waals surface area contributed by atoms with Crippen molar-refractivity contribution < 1.29 is 21.7 Å². The molecule has 0 radical (unpaired) electrons. The summed E-state index contributed by atoms with van der Waals surface area (Å²) in [6.07, 6.45) is 5.46. The Hall–Kier alpha value is 0.0643. The molecule has 0 atom stereocenters. The van der Waals surface area contributed by atoms with E-state index in [4.69, 9.17) is 0 Å². The van der Waals surface area contributed by atoms with Gasteiger partial charge in [-0.1, -0.05) is 39.5 Å². The maximum atomic E-state index is 2.34. The minimum absolute atomic E-state index is 0. The Bertz CT molecular complexity index is 245. The molecule has 0 aromatic heterocycles. The Morgan fingerprint density at radius 1 is 1.07 bits per heavy atom. The van der Waals surface area contributed by atoms with Crippen molar-refractivity contribution in [1.29, 1.82) is 0 Å². The molecule has 0 bridgehead atoms. The van der Waals surface area contributed by atoms with Crippen molar-refractivity contribution in [1.82, 2.24) is 0 Å². The van der Waals surface area contributed by atoms with Gasteiger partial charge in [-0.15, -0.1) is 0 Å². The number of hydrogen-bond donors (Lipinski definition) is 0. The molecule has 1 aromatic carbocycles. The summed E-state index contributed by atoms with van der Waals surface area (Å²) in [6.45, 7) is 4.49. The Kier molecular flexibility index (Phi) is 11.3. The first-order chi connectivity index (χ1) is 5.29. The zero-order valence-electron chi connectivity index (χ0n) is 10.9. The van der Waals surface area contributed by atoms with Crippen molar-refractivity contribution in [2.45, 2.75) is 39.5 Å². The Balaban J connectivity index is -0.000000360. The first-order valence-electron chi connectivity index (χ1n) is 4.53. The van der Waals surface area contributed by atoms with Crippen LogP contribution in [0.25, 0.3) is 0 Å². The second kappa shape index (κ2) is 8.24. The smallest absolute Gasteiger partial charge is 0.358 e. The van der Waals surface area contributed by atoms with Gasteiger partial charge in [0.15, 0.2) is 0 Å². The van der Waals surface area contributed by atoms with E-state index in [0.29, 0.717) is 0 Å². The predicted molar refractivity (Wildman–Crippen MR) is 67.4 cm³/mol. The summed E-state index contributed by atoms with van der Waals surface area (Å²) in [4.78, 5) is 0. The molecule has 0 nitrogen and oxygen atoms in total. The van der Waals surface area contributed by atoms with Crippen molar-refractivity contribution >= 4 is 0 Å². The van der Waals surface area contributed by atoms with Crippen LogP contribution in [0.5, 0.6) is 0 Å². The molecule has 15 heavy (non-hydrogen) atoms. The van der Waals surface area contributed by atoms with Crippen LogP contribution in [0.15, 0.2) is 6.07 Å². The molecule has 0 fully saturated rings. The third-order valence-electron chi connectivity index (χ3n) is 2.85. The topological polar surface area (TPSA) is 0 Å². The monoisotopic (exact) mass is 240 g/mol.